The molecule has 0 aliphatic heterocycles. The number of alkyl halides is 3. The summed E-state index contributed by atoms with van der Waals surface area (Å²) in [5.41, 5.74) is 0.707. The van der Waals surface area contributed by atoms with Crippen molar-refractivity contribution in [2.24, 2.45) is 0 Å². The summed E-state index contributed by atoms with van der Waals surface area (Å²) >= 11 is 0. The van der Waals surface area contributed by atoms with Crippen LogP contribution in [0.5, 0.6) is 0 Å². The molecule has 3 rings (SSSR count). The lowest BCUT2D eigenvalue weighted by atomic mass is 10.0. The summed E-state index contributed by atoms with van der Waals surface area (Å²) in [4.78, 5) is 12.3. The first-order valence-corrected chi connectivity index (χ1v) is 7.24. The number of carbonyl (C=O) groups excluding carboxylic acids is 1. The lowest BCUT2D eigenvalue weighted by Crippen LogP contribution is -2.06. The second kappa shape index (κ2) is 5.99. The summed E-state index contributed by atoms with van der Waals surface area (Å²) in [5, 5.41) is 4.31. The van der Waals surface area contributed by atoms with Crippen molar-refractivity contribution < 1.29 is 22.7 Å². The fraction of sp³-hybridized carbons (Fsp3) is 0.176. The van der Waals surface area contributed by atoms with Crippen molar-refractivity contribution in [1.29, 1.82) is 0 Å². The van der Waals surface area contributed by atoms with Gasteiger partial charge in [-0.1, -0.05) is 18.2 Å². The SMILES string of the molecule is CCOC(=O)c1c(-c2ccc(C(F)(F)F)cc2)nn2ccccc12. The normalized spacial score (nSPS) is 11.7. The minimum absolute atomic E-state index is 0.190. The van der Waals surface area contributed by atoms with E-state index in [9.17, 15) is 18.0 Å². The van der Waals surface area contributed by atoms with Gasteiger partial charge < -0.3 is 4.74 Å². The minimum atomic E-state index is -4.42. The maximum absolute atomic E-state index is 12.7. The Bertz CT molecular complexity index is 883. The highest BCUT2D eigenvalue weighted by Gasteiger charge is 2.30. The molecule has 0 saturated heterocycles. The molecule has 0 spiro atoms. The molecular weight excluding hydrogens is 321 g/mol. The molecule has 3 aromatic rings. The van der Waals surface area contributed by atoms with Crippen LogP contribution >= 0.6 is 0 Å². The summed E-state index contributed by atoms with van der Waals surface area (Å²) in [6.07, 6.45) is -2.76. The van der Waals surface area contributed by atoms with Crippen molar-refractivity contribution in [2.75, 3.05) is 6.61 Å². The average Bonchev–Trinajstić information content (AvgIpc) is 2.94. The number of carbonyl (C=O) groups is 1. The topological polar surface area (TPSA) is 43.6 Å². The summed E-state index contributed by atoms with van der Waals surface area (Å²) in [6, 6.07) is 9.72. The zero-order valence-electron chi connectivity index (χ0n) is 12.7. The molecule has 7 heteroatoms. The molecule has 0 amide bonds. The highest BCUT2D eigenvalue weighted by molar-refractivity contribution is 6.03. The zero-order chi connectivity index (χ0) is 17.3. The summed E-state index contributed by atoms with van der Waals surface area (Å²) < 4.78 is 44.7. The molecule has 124 valence electrons. The van der Waals surface area contributed by atoms with Gasteiger partial charge in [-0.15, -0.1) is 0 Å². The predicted molar refractivity (Wildman–Crippen MR) is 81.6 cm³/mol. The third kappa shape index (κ3) is 2.84. The fourth-order valence-corrected chi connectivity index (χ4v) is 2.42. The van der Waals surface area contributed by atoms with E-state index in [0.29, 0.717) is 11.1 Å². The van der Waals surface area contributed by atoms with E-state index in [4.69, 9.17) is 4.74 Å². The molecule has 24 heavy (non-hydrogen) atoms. The van der Waals surface area contributed by atoms with Gasteiger partial charge in [0.15, 0.2) is 0 Å². The fourth-order valence-electron chi connectivity index (χ4n) is 2.42. The maximum atomic E-state index is 12.7. The largest absolute Gasteiger partial charge is 0.462 e. The lowest BCUT2D eigenvalue weighted by Gasteiger charge is -2.07. The second-order valence-corrected chi connectivity index (χ2v) is 5.05. The molecule has 0 fully saturated rings. The number of fused-ring (bicyclic) bond motifs is 1. The van der Waals surface area contributed by atoms with Crippen LogP contribution in [0.3, 0.4) is 0 Å². The van der Waals surface area contributed by atoms with E-state index < -0.39 is 17.7 Å². The maximum Gasteiger partial charge on any atom is 0.416 e. The number of hydrogen-bond donors (Lipinski definition) is 0. The van der Waals surface area contributed by atoms with Crippen molar-refractivity contribution in [3.63, 3.8) is 0 Å². The second-order valence-electron chi connectivity index (χ2n) is 5.05. The monoisotopic (exact) mass is 334 g/mol. The van der Waals surface area contributed by atoms with E-state index in [2.05, 4.69) is 5.10 Å². The molecule has 0 radical (unpaired) electrons. The number of esters is 1. The van der Waals surface area contributed by atoms with E-state index >= 15 is 0 Å². The molecule has 1 aromatic carbocycles. The quantitative estimate of drug-likeness (QED) is 0.674. The van der Waals surface area contributed by atoms with Crippen LogP contribution in [0.25, 0.3) is 16.8 Å². The van der Waals surface area contributed by atoms with E-state index in [1.165, 1.54) is 16.6 Å². The first kappa shape index (κ1) is 16.0. The van der Waals surface area contributed by atoms with Gasteiger partial charge >= 0.3 is 12.1 Å². The molecule has 0 bridgehead atoms. The molecule has 0 atom stereocenters. The standard InChI is InChI=1S/C17H13F3N2O2/c1-2-24-16(23)14-13-5-3-4-10-22(13)21-15(14)11-6-8-12(9-7-11)17(18,19)20/h3-10H,2H2,1H3. The van der Waals surface area contributed by atoms with Crippen LogP contribution in [0.15, 0.2) is 48.7 Å². The molecule has 2 aromatic heterocycles. The van der Waals surface area contributed by atoms with Gasteiger partial charge in [0.05, 0.1) is 17.7 Å². The van der Waals surface area contributed by atoms with Crippen LogP contribution in [-0.2, 0) is 10.9 Å². The smallest absolute Gasteiger partial charge is 0.416 e. The van der Waals surface area contributed by atoms with Crippen molar-refractivity contribution in [1.82, 2.24) is 9.61 Å². The number of nitrogens with zero attached hydrogens (tertiary/aromatic N) is 2. The third-order valence-electron chi connectivity index (χ3n) is 3.51. The van der Waals surface area contributed by atoms with Crippen molar-refractivity contribution in [3.8, 4) is 11.3 Å². The Morgan fingerprint density at radius 1 is 1.17 bits per heavy atom. The van der Waals surface area contributed by atoms with E-state index in [-0.39, 0.29) is 17.9 Å². The van der Waals surface area contributed by atoms with Gasteiger partial charge in [-0.3, -0.25) is 0 Å². The molecule has 0 unspecified atom stereocenters. The lowest BCUT2D eigenvalue weighted by molar-refractivity contribution is -0.137. The van der Waals surface area contributed by atoms with Gasteiger partial charge in [0.1, 0.15) is 11.3 Å². The highest BCUT2D eigenvalue weighted by Crippen LogP contribution is 2.32. The Morgan fingerprint density at radius 2 is 1.88 bits per heavy atom. The molecule has 2 heterocycles. The molecule has 0 aliphatic rings. The van der Waals surface area contributed by atoms with Crippen LogP contribution in [0.1, 0.15) is 22.8 Å². The Morgan fingerprint density at radius 3 is 2.50 bits per heavy atom. The van der Waals surface area contributed by atoms with Crippen LogP contribution in [0, 0.1) is 0 Å². The van der Waals surface area contributed by atoms with E-state index in [1.807, 2.05) is 0 Å². The van der Waals surface area contributed by atoms with Crippen molar-refractivity contribution in [3.05, 3.63) is 59.8 Å². The van der Waals surface area contributed by atoms with Crippen LogP contribution in [0.2, 0.25) is 0 Å². The predicted octanol–water partition coefficient (Wildman–Crippen LogP) is 4.20. The van der Waals surface area contributed by atoms with Crippen molar-refractivity contribution >= 4 is 11.5 Å². The molecule has 0 N–H and O–H groups in total. The van der Waals surface area contributed by atoms with Gasteiger partial charge in [0.2, 0.25) is 0 Å². The van der Waals surface area contributed by atoms with Crippen LogP contribution < -0.4 is 0 Å². The molecule has 0 saturated carbocycles. The van der Waals surface area contributed by atoms with E-state index in [0.717, 1.165) is 12.1 Å². The number of ether oxygens (including phenoxy) is 1. The number of rotatable bonds is 3. The van der Waals surface area contributed by atoms with E-state index in [1.54, 1.807) is 31.3 Å². The van der Waals surface area contributed by atoms with Gasteiger partial charge in [-0.2, -0.15) is 18.3 Å². The van der Waals surface area contributed by atoms with Gasteiger partial charge in [-0.05, 0) is 31.2 Å². The minimum Gasteiger partial charge on any atom is -0.462 e. The number of benzene rings is 1. The van der Waals surface area contributed by atoms with Gasteiger partial charge in [0, 0.05) is 11.8 Å². The number of aromatic nitrogens is 2. The Labute approximate surface area is 135 Å². The summed E-state index contributed by atoms with van der Waals surface area (Å²) in [7, 11) is 0. The Balaban J connectivity index is 2.15. The average molecular weight is 334 g/mol. The van der Waals surface area contributed by atoms with Gasteiger partial charge in [-0.25, -0.2) is 9.31 Å². The molecular formula is C17H13F3N2O2. The van der Waals surface area contributed by atoms with Gasteiger partial charge in [0.25, 0.3) is 0 Å². The molecule has 4 nitrogen and oxygen atoms in total. The number of hydrogen-bond acceptors (Lipinski definition) is 3. The Kier molecular flexibility index (Phi) is 4.01. The zero-order valence-corrected chi connectivity index (χ0v) is 12.7. The number of pyridine rings is 1. The van der Waals surface area contributed by atoms with Crippen LogP contribution in [-0.4, -0.2) is 22.2 Å². The first-order valence-electron chi connectivity index (χ1n) is 7.24. The highest BCUT2D eigenvalue weighted by atomic mass is 19.4. The first-order chi connectivity index (χ1) is 11.4. The molecule has 0 aliphatic carbocycles. The third-order valence-corrected chi connectivity index (χ3v) is 3.51. The van der Waals surface area contributed by atoms with Crippen LogP contribution in [0.4, 0.5) is 13.2 Å². The number of halogens is 3. The summed E-state index contributed by atoms with van der Waals surface area (Å²) in [6.45, 7) is 1.87. The van der Waals surface area contributed by atoms with Crippen molar-refractivity contribution in [2.45, 2.75) is 13.1 Å². The summed E-state index contributed by atoms with van der Waals surface area (Å²) in [5.74, 6) is -0.561. The Hall–Kier alpha value is -2.83.